The molecule has 1 heterocycles. The Morgan fingerprint density at radius 1 is 1.14 bits per heavy atom. The normalized spacial score (nSPS) is 13.7. The molecule has 0 amide bonds. The lowest BCUT2D eigenvalue weighted by Crippen LogP contribution is -2.38. The number of nitrogens with zero attached hydrogens (tertiary/aromatic N) is 1. The van der Waals surface area contributed by atoms with Gasteiger partial charge in [0, 0.05) is 17.9 Å². The molecular weight excluding hydrogens is 276 g/mol. The summed E-state index contributed by atoms with van der Waals surface area (Å²) in [4.78, 5) is 2.22. The van der Waals surface area contributed by atoms with Crippen LogP contribution in [-0.2, 0) is 6.42 Å². The molecule has 0 aliphatic carbocycles. The third-order valence-electron chi connectivity index (χ3n) is 3.98. The second-order valence-electron chi connectivity index (χ2n) is 5.63. The fraction of sp³-hybridized carbons (Fsp3) is 0.278. The summed E-state index contributed by atoms with van der Waals surface area (Å²) in [6.45, 7) is 5.20. The second kappa shape index (κ2) is 5.86. The molecule has 0 saturated carbocycles. The molecule has 21 heavy (non-hydrogen) atoms. The first-order valence-electron chi connectivity index (χ1n) is 7.39. The van der Waals surface area contributed by atoms with E-state index in [4.69, 9.17) is 12.2 Å². The lowest BCUT2D eigenvalue weighted by molar-refractivity contribution is 0.780. The van der Waals surface area contributed by atoms with Crippen LogP contribution < -0.4 is 10.2 Å². The van der Waals surface area contributed by atoms with Gasteiger partial charge in [-0.1, -0.05) is 35.9 Å². The molecule has 3 heteroatoms. The van der Waals surface area contributed by atoms with E-state index in [9.17, 15) is 0 Å². The van der Waals surface area contributed by atoms with Crippen LogP contribution in [0.1, 0.15) is 23.1 Å². The molecule has 108 valence electrons. The Balaban J connectivity index is 1.83. The zero-order valence-electron chi connectivity index (χ0n) is 12.5. The van der Waals surface area contributed by atoms with Gasteiger partial charge >= 0.3 is 0 Å². The smallest absolute Gasteiger partial charge is 0.177 e. The van der Waals surface area contributed by atoms with E-state index in [0.29, 0.717) is 0 Å². The molecule has 2 aromatic carbocycles. The van der Waals surface area contributed by atoms with E-state index in [1.165, 1.54) is 22.4 Å². The van der Waals surface area contributed by atoms with Gasteiger partial charge in [-0.05, 0) is 62.2 Å². The van der Waals surface area contributed by atoms with Crippen LogP contribution in [0.15, 0.2) is 42.5 Å². The molecule has 3 rings (SSSR count). The summed E-state index contributed by atoms with van der Waals surface area (Å²) in [6.07, 6.45) is 2.28. The monoisotopic (exact) mass is 296 g/mol. The number of thiocarbonyl (C=S) groups is 1. The van der Waals surface area contributed by atoms with E-state index in [1.807, 2.05) is 0 Å². The van der Waals surface area contributed by atoms with Gasteiger partial charge in [0.15, 0.2) is 5.11 Å². The largest absolute Gasteiger partial charge is 0.332 e. The van der Waals surface area contributed by atoms with Gasteiger partial charge in [-0.2, -0.15) is 0 Å². The standard InChI is InChI=1S/C18H20N2S/c1-13-9-10-16(14(2)12-13)19-18(21)20-11-5-7-15-6-3-4-8-17(15)20/h3-4,6,8-10,12H,5,7,11H2,1-2H3,(H,19,21). The molecule has 0 unspecified atom stereocenters. The summed E-state index contributed by atoms with van der Waals surface area (Å²) in [5.41, 5.74) is 6.21. The minimum atomic E-state index is 0.786. The molecule has 2 nitrogen and oxygen atoms in total. The molecular formula is C18H20N2S. The number of benzene rings is 2. The molecule has 0 fully saturated rings. The van der Waals surface area contributed by atoms with Crippen molar-refractivity contribution in [3.8, 4) is 0 Å². The number of rotatable bonds is 1. The summed E-state index contributed by atoms with van der Waals surface area (Å²) in [6, 6.07) is 14.9. The van der Waals surface area contributed by atoms with Crippen LogP contribution in [0.5, 0.6) is 0 Å². The lowest BCUT2D eigenvalue weighted by atomic mass is 10.0. The Hall–Kier alpha value is -1.87. The third kappa shape index (κ3) is 2.93. The molecule has 0 bridgehead atoms. The first-order chi connectivity index (χ1) is 10.1. The first-order valence-corrected chi connectivity index (χ1v) is 7.79. The van der Waals surface area contributed by atoms with E-state index in [0.717, 1.165) is 30.2 Å². The zero-order chi connectivity index (χ0) is 14.8. The van der Waals surface area contributed by atoms with Crippen molar-refractivity contribution in [2.24, 2.45) is 0 Å². The highest BCUT2D eigenvalue weighted by Crippen LogP contribution is 2.27. The topological polar surface area (TPSA) is 15.3 Å². The Kier molecular flexibility index (Phi) is 3.93. The van der Waals surface area contributed by atoms with Gasteiger partial charge in [-0.15, -0.1) is 0 Å². The number of para-hydroxylation sites is 1. The maximum atomic E-state index is 5.64. The zero-order valence-corrected chi connectivity index (χ0v) is 13.3. The summed E-state index contributed by atoms with van der Waals surface area (Å²) < 4.78 is 0. The molecule has 0 radical (unpaired) electrons. The van der Waals surface area contributed by atoms with Crippen molar-refractivity contribution in [3.63, 3.8) is 0 Å². The molecule has 1 aliphatic heterocycles. The predicted octanol–water partition coefficient (Wildman–Crippen LogP) is 4.45. The van der Waals surface area contributed by atoms with Crippen LogP contribution in [0.4, 0.5) is 11.4 Å². The second-order valence-corrected chi connectivity index (χ2v) is 6.02. The molecule has 1 aliphatic rings. The number of fused-ring (bicyclic) bond motifs is 1. The quantitative estimate of drug-likeness (QED) is 0.783. The minimum absolute atomic E-state index is 0.786. The summed E-state index contributed by atoms with van der Waals surface area (Å²) in [5, 5.41) is 4.19. The number of nitrogens with one attached hydrogen (secondary N) is 1. The predicted molar refractivity (Wildman–Crippen MR) is 94.2 cm³/mol. The SMILES string of the molecule is Cc1ccc(NC(=S)N2CCCc3ccccc32)c(C)c1. The van der Waals surface area contributed by atoms with Crippen LogP contribution in [-0.4, -0.2) is 11.7 Å². The van der Waals surface area contributed by atoms with Crippen LogP contribution in [0.2, 0.25) is 0 Å². The molecule has 0 saturated heterocycles. The van der Waals surface area contributed by atoms with E-state index < -0.39 is 0 Å². The summed E-state index contributed by atoms with van der Waals surface area (Å²) in [7, 11) is 0. The number of anilines is 2. The van der Waals surface area contributed by atoms with Crippen molar-refractivity contribution in [1.82, 2.24) is 0 Å². The first kappa shape index (κ1) is 14.1. The number of hydrogen-bond donors (Lipinski definition) is 1. The van der Waals surface area contributed by atoms with Crippen LogP contribution in [0.25, 0.3) is 0 Å². The minimum Gasteiger partial charge on any atom is -0.332 e. The van der Waals surface area contributed by atoms with E-state index in [-0.39, 0.29) is 0 Å². The fourth-order valence-corrected chi connectivity index (χ4v) is 3.18. The Bertz CT molecular complexity index is 679. The molecule has 2 aromatic rings. The van der Waals surface area contributed by atoms with Crippen LogP contribution >= 0.6 is 12.2 Å². The Morgan fingerprint density at radius 3 is 2.76 bits per heavy atom. The van der Waals surface area contributed by atoms with Crippen LogP contribution in [0, 0.1) is 13.8 Å². The van der Waals surface area contributed by atoms with E-state index >= 15 is 0 Å². The third-order valence-corrected chi connectivity index (χ3v) is 4.30. The summed E-state index contributed by atoms with van der Waals surface area (Å²) in [5.74, 6) is 0. The van der Waals surface area contributed by atoms with Crippen molar-refractivity contribution in [1.29, 1.82) is 0 Å². The van der Waals surface area contributed by atoms with E-state index in [2.05, 4.69) is 66.5 Å². The van der Waals surface area contributed by atoms with Crippen molar-refractivity contribution in [2.45, 2.75) is 26.7 Å². The van der Waals surface area contributed by atoms with Crippen molar-refractivity contribution in [2.75, 3.05) is 16.8 Å². The summed E-state index contributed by atoms with van der Waals surface area (Å²) >= 11 is 5.64. The highest BCUT2D eigenvalue weighted by molar-refractivity contribution is 7.80. The van der Waals surface area contributed by atoms with Gasteiger partial charge in [0.2, 0.25) is 0 Å². The maximum Gasteiger partial charge on any atom is 0.177 e. The van der Waals surface area contributed by atoms with Gasteiger partial charge < -0.3 is 10.2 Å². The van der Waals surface area contributed by atoms with Gasteiger partial charge in [0.05, 0.1) is 0 Å². The molecule has 0 spiro atoms. The van der Waals surface area contributed by atoms with Crippen molar-refractivity contribution >= 4 is 28.7 Å². The van der Waals surface area contributed by atoms with Crippen molar-refractivity contribution in [3.05, 3.63) is 59.2 Å². The number of hydrogen-bond acceptors (Lipinski definition) is 1. The average Bonchev–Trinajstić information content (AvgIpc) is 2.49. The number of aryl methyl sites for hydroxylation is 3. The van der Waals surface area contributed by atoms with Gasteiger partial charge in [0.25, 0.3) is 0 Å². The molecule has 0 atom stereocenters. The van der Waals surface area contributed by atoms with Crippen molar-refractivity contribution < 1.29 is 0 Å². The van der Waals surface area contributed by atoms with Gasteiger partial charge in [-0.3, -0.25) is 0 Å². The fourth-order valence-electron chi connectivity index (χ4n) is 2.88. The molecule has 1 N–H and O–H groups in total. The Labute approximate surface area is 131 Å². The van der Waals surface area contributed by atoms with Crippen LogP contribution in [0.3, 0.4) is 0 Å². The highest BCUT2D eigenvalue weighted by Gasteiger charge is 2.19. The van der Waals surface area contributed by atoms with E-state index in [1.54, 1.807) is 0 Å². The average molecular weight is 296 g/mol. The van der Waals surface area contributed by atoms with Gasteiger partial charge in [-0.25, -0.2) is 0 Å². The van der Waals surface area contributed by atoms with Gasteiger partial charge in [0.1, 0.15) is 0 Å². The maximum absolute atomic E-state index is 5.64. The molecule has 0 aromatic heterocycles. The lowest BCUT2D eigenvalue weighted by Gasteiger charge is -2.32. The highest BCUT2D eigenvalue weighted by atomic mass is 32.1. The Morgan fingerprint density at radius 2 is 1.95 bits per heavy atom.